The van der Waals surface area contributed by atoms with Crippen LogP contribution in [0.3, 0.4) is 0 Å². The normalized spacial score (nSPS) is 10.3. The van der Waals surface area contributed by atoms with Crippen LogP contribution in [-0.2, 0) is 14.2 Å². The molecule has 6 heteroatoms. The Morgan fingerprint density at radius 3 is 1.48 bits per heavy atom. The van der Waals surface area contributed by atoms with Gasteiger partial charge < -0.3 is 19.3 Å². The number of hydrogen-bond acceptors (Lipinski definition) is 6. The van der Waals surface area contributed by atoms with Crippen LogP contribution in [0.2, 0.25) is 0 Å². The van der Waals surface area contributed by atoms with Crippen LogP contribution in [0.4, 0.5) is 0 Å². The molecule has 0 rings (SSSR count). The molecule has 1 N–H and O–H groups in total. The quantitative estimate of drug-likeness (QED) is 0.541. The molecule has 0 aromatic carbocycles. The highest BCUT2D eigenvalue weighted by atomic mass is 16.7. The fraction of sp³-hybridized carbons (Fsp3) is 0.882. The maximum absolute atomic E-state index is 8.80. The summed E-state index contributed by atoms with van der Waals surface area (Å²) in [6.45, 7) is 15.4. The van der Waals surface area contributed by atoms with Crippen LogP contribution in [0.1, 0.15) is 61.3 Å². The third-order valence-corrected chi connectivity index (χ3v) is 2.16. The summed E-state index contributed by atoms with van der Waals surface area (Å²) in [5.74, 6) is 0. The topological polar surface area (TPSA) is 95.5 Å². The lowest BCUT2D eigenvalue weighted by Crippen LogP contribution is -2.25. The van der Waals surface area contributed by atoms with Gasteiger partial charge in [0.25, 0.3) is 0 Å². The van der Waals surface area contributed by atoms with Gasteiger partial charge in [0.1, 0.15) is 6.79 Å². The predicted octanol–water partition coefficient (Wildman–Crippen LogP) is 3.40. The van der Waals surface area contributed by atoms with E-state index in [4.69, 9.17) is 29.8 Å². The maximum atomic E-state index is 8.80. The maximum Gasteiger partial charge on any atom is 0.147 e. The van der Waals surface area contributed by atoms with Crippen LogP contribution in [0.5, 0.6) is 0 Å². The summed E-state index contributed by atoms with van der Waals surface area (Å²) in [6.07, 6.45) is 0.590. The van der Waals surface area contributed by atoms with Crippen molar-refractivity contribution in [1.82, 2.24) is 0 Å². The Kier molecular flexibility index (Phi) is 19.9. The molecule has 0 aliphatic carbocycles. The molecule has 0 saturated carbocycles. The Morgan fingerprint density at radius 2 is 1.26 bits per heavy atom. The second kappa shape index (κ2) is 17.2. The highest BCUT2D eigenvalue weighted by Gasteiger charge is 2.17. The highest BCUT2D eigenvalue weighted by Crippen LogP contribution is 2.12. The largest absolute Gasteiger partial charge is 0.389 e. The van der Waals surface area contributed by atoms with Crippen molar-refractivity contribution in [3.8, 4) is 12.1 Å². The average molecular weight is 330 g/mol. The van der Waals surface area contributed by atoms with E-state index in [2.05, 4.69) is 6.07 Å². The molecule has 0 atom stereocenters. The molecule has 0 bridgehead atoms. The van der Waals surface area contributed by atoms with Crippen molar-refractivity contribution >= 4 is 0 Å². The van der Waals surface area contributed by atoms with E-state index in [1.165, 1.54) is 0 Å². The molecular formula is C17H34N2O4. The Hall–Kier alpha value is -1.18. The molecule has 23 heavy (non-hydrogen) atoms. The number of ether oxygens (including phenoxy) is 3. The van der Waals surface area contributed by atoms with E-state index in [0.717, 1.165) is 13.2 Å². The lowest BCUT2D eigenvalue weighted by Gasteiger charge is -2.21. The molecule has 0 aromatic heterocycles. The van der Waals surface area contributed by atoms with Crippen molar-refractivity contribution in [2.24, 2.45) is 0 Å². The van der Waals surface area contributed by atoms with Crippen molar-refractivity contribution in [3.63, 3.8) is 0 Å². The zero-order valence-electron chi connectivity index (χ0n) is 15.8. The summed E-state index contributed by atoms with van der Waals surface area (Å²) in [7, 11) is 0. The first-order chi connectivity index (χ1) is 10.6. The molecule has 0 saturated heterocycles. The van der Waals surface area contributed by atoms with E-state index in [1.807, 2.05) is 40.7 Å². The average Bonchev–Trinajstić information content (AvgIpc) is 2.39. The minimum absolute atomic E-state index is 0.201. The van der Waals surface area contributed by atoms with E-state index in [-0.39, 0.29) is 18.8 Å². The van der Waals surface area contributed by atoms with Gasteiger partial charge in [-0.05, 0) is 48.5 Å². The van der Waals surface area contributed by atoms with Gasteiger partial charge in [0.2, 0.25) is 0 Å². The van der Waals surface area contributed by atoms with Crippen LogP contribution < -0.4 is 0 Å². The van der Waals surface area contributed by atoms with E-state index in [1.54, 1.807) is 13.8 Å². The highest BCUT2D eigenvalue weighted by molar-refractivity contribution is 4.82. The zero-order chi connectivity index (χ0) is 18.8. The van der Waals surface area contributed by atoms with Crippen LogP contribution in [-0.4, -0.2) is 42.9 Å². The molecule has 0 fully saturated rings. The summed E-state index contributed by atoms with van der Waals surface area (Å²) in [4.78, 5) is 0. The zero-order valence-corrected chi connectivity index (χ0v) is 15.8. The van der Waals surface area contributed by atoms with Crippen LogP contribution in [0, 0.1) is 22.7 Å². The van der Waals surface area contributed by atoms with Crippen molar-refractivity contribution in [1.29, 1.82) is 10.5 Å². The molecule has 0 unspecified atom stereocenters. The number of nitriles is 2. The monoisotopic (exact) mass is 330 g/mol. The second-order valence-electron chi connectivity index (χ2n) is 5.78. The van der Waals surface area contributed by atoms with Gasteiger partial charge in [-0.2, -0.15) is 10.5 Å². The third-order valence-electron chi connectivity index (χ3n) is 2.16. The minimum Gasteiger partial charge on any atom is -0.389 e. The molecule has 136 valence electrons. The Bertz CT molecular complexity index is 323. The number of nitrogens with zero attached hydrogens (tertiary/aromatic N) is 2. The summed E-state index contributed by atoms with van der Waals surface area (Å²) in [5, 5.41) is 25.2. The molecule has 0 amide bonds. The summed E-state index contributed by atoms with van der Waals surface area (Å²) < 4.78 is 15.1. The van der Waals surface area contributed by atoms with Gasteiger partial charge >= 0.3 is 0 Å². The van der Waals surface area contributed by atoms with Gasteiger partial charge in [0.15, 0.2) is 0 Å². The lowest BCUT2D eigenvalue weighted by atomic mass is 10.1. The number of rotatable bonds is 8. The smallest absolute Gasteiger partial charge is 0.147 e. The van der Waals surface area contributed by atoms with E-state index >= 15 is 0 Å². The molecule has 0 aliphatic heterocycles. The summed E-state index contributed by atoms with van der Waals surface area (Å²) >= 11 is 0. The van der Waals surface area contributed by atoms with Crippen molar-refractivity contribution in [2.75, 3.05) is 26.6 Å². The number of aliphatic hydroxyl groups is 1. The van der Waals surface area contributed by atoms with Gasteiger partial charge in [-0.15, -0.1) is 0 Å². The SMILES string of the molecule is CC(C)(O)CC#N.CCOCC.CCOCOC(C)(C)CC#N. The standard InChI is InChI=1S/C8H15NO2.C5H9NO.C4H10O/c1-4-10-7-11-8(2,3)5-6-9;1-5(2,7)3-4-6;1-3-5-4-2/h4-5,7H2,1-3H3;7H,3H2,1-2H3;3-4H2,1-2H3. The third kappa shape index (κ3) is 33.6. The van der Waals surface area contributed by atoms with E-state index < -0.39 is 5.60 Å². The Morgan fingerprint density at radius 1 is 0.826 bits per heavy atom. The van der Waals surface area contributed by atoms with Crippen molar-refractivity contribution in [3.05, 3.63) is 0 Å². The van der Waals surface area contributed by atoms with Crippen LogP contribution >= 0.6 is 0 Å². The molecule has 0 spiro atoms. The first-order valence-corrected chi connectivity index (χ1v) is 7.85. The van der Waals surface area contributed by atoms with E-state index in [0.29, 0.717) is 13.0 Å². The Labute approximate surface area is 142 Å². The second-order valence-corrected chi connectivity index (χ2v) is 5.78. The van der Waals surface area contributed by atoms with Gasteiger partial charge in [0, 0.05) is 19.8 Å². The van der Waals surface area contributed by atoms with Crippen molar-refractivity contribution in [2.45, 2.75) is 72.5 Å². The molecular weight excluding hydrogens is 296 g/mol. The predicted molar refractivity (Wildman–Crippen MR) is 90.6 cm³/mol. The molecule has 0 radical (unpaired) electrons. The lowest BCUT2D eigenvalue weighted by molar-refractivity contribution is -0.122. The molecule has 0 aromatic rings. The van der Waals surface area contributed by atoms with E-state index in [9.17, 15) is 0 Å². The summed E-state index contributed by atoms with van der Waals surface area (Å²) in [5.41, 5.74) is -1.20. The van der Waals surface area contributed by atoms with Gasteiger partial charge in [-0.3, -0.25) is 0 Å². The van der Waals surface area contributed by atoms with Gasteiger partial charge in [-0.1, -0.05) is 0 Å². The fourth-order valence-corrected chi connectivity index (χ4v) is 0.924. The van der Waals surface area contributed by atoms with Crippen molar-refractivity contribution < 1.29 is 19.3 Å². The molecule has 0 aliphatic rings. The molecule has 6 nitrogen and oxygen atoms in total. The number of hydrogen-bond donors (Lipinski definition) is 1. The Balaban J connectivity index is -0.000000286. The first-order valence-electron chi connectivity index (χ1n) is 7.85. The summed E-state index contributed by atoms with van der Waals surface area (Å²) in [6, 6.07) is 3.91. The van der Waals surface area contributed by atoms with Crippen LogP contribution in [0.25, 0.3) is 0 Å². The van der Waals surface area contributed by atoms with Gasteiger partial charge in [0.05, 0.1) is 36.2 Å². The molecule has 0 heterocycles. The van der Waals surface area contributed by atoms with Gasteiger partial charge in [-0.25, -0.2) is 0 Å². The fourth-order valence-electron chi connectivity index (χ4n) is 0.924. The minimum atomic E-state index is -0.811. The van der Waals surface area contributed by atoms with Crippen LogP contribution in [0.15, 0.2) is 0 Å². The first kappa shape index (κ1) is 26.7.